The molecule has 0 bridgehead atoms. The van der Waals surface area contributed by atoms with Crippen LogP contribution in [0.4, 0.5) is 0 Å². The number of ether oxygens (including phenoxy) is 1. The van der Waals surface area contributed by atoms with Crippen molar-refractivity contribution in [2.24, 2.45) is 5.73 Å². The minimum absolute atomic E-state index is 0.214. The zero-order valence-corrected chi connectivity index (χ0v) is 31.2. The molecule has 1 heterocycles. The van der Waals surface area contributed by atoms with E-state index in [0.29, 0.717) is 12.2 Å². The summed E-state index contributed by atoms with van der Waals surface area (Å²) in [5, 5.41) is 5.35. The highest BCUT2D eigenvalue weighted by atomic mass is 28.4. The van der Waals surface area contributed by atoms with Crippen molar-refractivity contribution in [3.8, 4) is 5.75 Å². The first-order valence-corrected chi connectivity index (χ1v) is 19.0. The summed E-state index contributed by atoms with van der Waals surface area (Å²) in [6, 6.07) is 35.4. The van der Waals surface area contributed by atoms with Crippen molar-refractivity contribution in [2.45, 2.75) is 83.2 Å². The number of hydrogen-bond acceptors (Lipinski definition) is 6. The molecule has 0 saturated carbocycles. The zero-order chi connectivity index (χ0) is 35.5. The van der Waals surface area contributed by atoms with Crippen LogP contribution in [-0.2, 0) is 25.0 Å². The van der Waals surface area contributed by atoms with Gasteiger partial charge in [-0.3, -0.25) is 4.79 Å². The van der Waals surface area contributed by atoms with E-state index in [1.54, 1.807) is 7.11 Å². The van der Waals surface area contributed by atoms with Gasteiger partial charge in [-0.15, -0.1) is 0 Å². The summed E-state index contributed by atoms with van der Waals surface area (Å²) >= 11 is 0. The average Bonchev–Trinajstić information content (AvgIpc) is 3.30. The molecule has 1 aliphatic rings. The molecular weight excluding hydrogens is 627 g/mol. The molecule has 49 heavy (non-hydrogen) atoms. The molecule has 1 saturated heterocycles. The van der Waals surface area contributed by atoms with Gasteiger partial charge in [0.25, 0.3) is 8.32 Å². The zero-order valence-electron chi connectivity index (χ0n) is 30.2. The van der Waals surface area contributed by atoms with Crippen molar-refractivity contribution in [1.29, 1.82) is 0 Å². The highest BCUT2D eigenvalue weighted by Crippen LogP contribution is 2.39. The van der Waals surface area contributed by atoms with Gasteiger partial charge in [-0.2, -0.15) is 0 Å². The van der Waals surface area contributed by atoms with Gasteiger partial charge in [-0.05, 0) is 66.7 Å². The van der Waals surface area contributed by atoms with E-state index in [4.69, 9.17) is 24.2 Å². The molecule has 9 heteroatoms. The Morgan fingerprint density at radius 2 is 1.35 bits per heavy atom. The van der Waals surface area contributed by atoms with Crippen molar-refractivity contribution in [1.82, 2.24) is 5.32 Å². The van der Waals surface area contributed by atoms with Crippen molar-refractivity contribution < 1.29 is 23.3 Å². The highest BCUT2D eigenvalue weighted by Gasteiger charge is 2.53. The Morgan fingerprint density at radius 1 is 0.837 bits per heavy atom. The van der Waals surface area contributed by atoms with Gasteiger partial charge in [0.15, 0.2) is 0 Å². The van der Waals surface area contributed by atoms with Crippen LogP contribution in [0, 0.1) is 0 Å². The van der Waals surface area contributed by atoms with Crippen molar-refractivity contribution in [3.05, 3.63) is 120 Å². The summed E-state index contributed by atoms with van der Waals surface area (Å²) in [5.74, 6) is 0.383. The van der Waals surface area contributed by atoms with E-state index in [1.807, 2.05) is 88.4 Å². The first-order valence-electron chi connectivity index (χ1n) is 17.1. The third-order valence-corrected chi connectivity index (χ3v) is 15.0. The normalized spacial score (nSPS) is 17.0. The molecule has 1 fully saturated rings. The molecule has 0 unspecified atom stereocenters. The van der Waals surface area contributed by atoms with E-state index < -0.39 is 38.7 Å². The van der Waals surface area contributed by atoms with Crippen LogP contribution >= 0.6 is 0 Å². The predicted octanol–water partition coefficient (Wildman–Crippen LogP) is 5.30. The Hall–Kier alpha value is -3.73. The minimum Gasteiger partial charge on any atom is -0.497 e. The monoisotopic (exact) mass is 678 g/mol. The number of carbonyl (C=O) groups is 1. The van der Waals surface area contributed by atoms with E-state index in [2.05, 4.69) is 74.6 Å². The number of methoxy groups -OCH3 is 1. The van der Waals surface area contributed by atoms with E-state index in [9.17, 15) is 4.79 Å². The van der Waals surface area contributed by atoms with Crippen LogP contribution in [0.1, 0.15) is 65.6 Å². The third kappa shape index (κ3) is 7.71. The Kier molecular flexibility index (Phi) is 10.9. The van der Waals surface area contributed by atoms with E-state index >= 15 is 0 Å². The van der Waals surface area contributed by atoms with Gasteiger partial charge in [-0.25, -0.2) is 0 Å². The maximum absolute atomic E-state index is 13.9. The summed E-state index contributed by atoms with van der Waals surface area (Å²) in [4.78, 5) is 13.9. The second kappa shape index (κ2) is 14.6. The number of hydrogen-bond donors (Lipinski definition) is 2. The molecule has 7 nitrogen and oxygen atoms in total. The van der Waals surface area contributed by atoms with Gasteiger partial charge >= 0.3 is 7.12 Å². The highest BCUT2D eigenvalue weighted by molar-refractivity contribution is 6.99. The standard InChI is InChI=1S/C40H51BN2O5Si/c1-38(2,3)49(31-20-14-10-15-21-31,32-22-16-11-17-23-32)46-28-35(43-37(44)34(42)26-29-18-12-9-13-19-29)30-24-25-36(45-8)33(27-30)41-47-39(4,5)40(6,7)48-41/h9-25,27,34-35H,26,28,42H2,1-8H3,(H,43,44)/t34-,35+/m1/s1. The lowest BCUT2D eigenvalue weighted by Gasteiger charge is -2.43. The molecule has 258 valence electrons. The summed E-state index contributed by atoms with van der Waals surface area (Å²) in [6.07, 6.45) is 0.413. The Morgan fingerprint density at radius 3 is 1.84 bits per heavy atom. The molecule has 4 aromatic carbocycles. The quantitative estimate of drug-likeness (QED) is 0.198. The van der Waals surface area contributed by atoms with Gasteiger partial charge in [-0.1, -0.05) is 124 Å². The topological polar surface area (TPSA) is 92.0 Å². The maximum Gasteiger partial charge on any atom is 0.498 e. The Bertz CT molecular complexity index is 1640. The summed E-state index contributed by atoms with van der Waals surface area (Å²) in [6.45, 7) is 15.0. The summed E-state index contributed by atoms with van der Waals surface area (Å²) in [7, 11) is -1.96. The van der Waals surface area contributed by atoms with Crippen LogP contribution in [0.15, 0.2) is 109 Å². The third-order valence-electron chi connectivity index (χ3n) is 10.00. The van der Waals surface area contributed by atoms with Crippen LogP contribution in [-0.4, -0.2) is 52.3 Å². The lowest BCUT2D eigenvalue weighted by atomic mass is 9.77. The SMILES string of the molecule is COc1ccc([C@H](CO[Si](c2ccccc2)(c2ccccc2)C(C)(C)C)NC(=O)[C@H](N)Cc2ccccc2)cc1B1OC(C)(C)C(C)(C)O1. The number of nitrogens with one attached hydrogen (secondary N) is 1. The lowest BCUT2D eigenvalue weighted by Crippen LogP contribution is -2.67. The molecule has 0 aromatic heterocycles. The van der Waals surface area contributed by atoms with Crippen molar-refractivity contribution in [2.75, 3.05) is 13.7 Å². The van der Waals surface area contributed by atoms with Gasteiger partial charge in [0.2, 0.25) is 5.91 Å². The molecule has 0 radical (unpaired) electrons. The second-order valence-electron chi connectivity index (χ2n) is 14.9. The van der Waals surface area contributed by atoms with Crippen LogP contribution in [0.25, 0.3) is 0 Å². The summed E-state index contributed by atoms with van der Waals surface area (Å²) in [5.41, 5.74) is 8.04. The van der Waals surface area contributed by atoms with Gasteiger partial charge in [0.05, 0.1) is 37.0 Å². The average molecular weight is 679 g/mol. The molecular formula is C40H51BN2O5Si. The fourth-order valence-corrected chi connectivity index (χ4v) is 11.1. The number of rotatable bonds is 12. The fourth-order valence-electron chi connectivity index (χ4n) is 6.55. The van der Waals surface area contributed by atoms with Crippen LogP contribution in [0.5, 0.6) is 5.75 Å². The van der Waals surface area contributed by atoms with Gasteiger partial charge < -0.3 is 29.5 Å². The predicted molar refractivity (Wildman–Crippen MR) is 201 cm³/mol. The van der Waals surface area contributed by atoms with Crippen molar-refractivity contribution in [3.63, 3.8) is 0 Å². The second-order valence-corrected chi connectivity index (χ2v) is 19.2. The molecule has 2 atom stereocenters. The minimum atomic E-state index is -2.94. The molecule has 5 rings (SSSR count). The molecule has 1 amide bonds. The van der Waals surface area contributed by atoms with Gasteiger partial charge in [0.1, 0.15) is 5.75 Å². The van der Waals surface area contributed by atoms with Crippen LogP contribution in [0.2, 0.25) is 5.04 Å². The largest absolute Gasteiger partial charge is 0.498 e. The van der Waals surface area contributed by atoms with Crippen LogP contribution < -0.4 is 31.6 Å². The molecule has 0 aliphatic carbocycles. The maximum atomic E-state index is 13.9. The summed E-state index contributed by atoms with van der Waals surface area (Å²) < 4.78 is 26.1. The molecule has 1 aliphatic heterocycles. The molecule has 0 spiro atoms. The van der Waals surface area contributed by atoms with Gasteiger partial charge in [0, 0.05) is 5.46 Å². The van der Waals surface area contributed by atoms with Crippen LogP contribution in [0.3, 0.4) is 0 Å². The number of amides is 1. The number of benzene rings is 4. The Balaban J connectivity index is 1.56. The van der Waals surface area contributed by atoms with E-state index in [0.717, 1.165) is 27.0 Å². The smallest absolute Gasteiger partial charge is 0.497 e. The van der Waals surface area contributed by atoms with E-state index in [-0.39, 0.29) is 17.6 Å². The van der Waals surface area contributed by atoms with Crippen molar-refractivity contribution >= 4 is 37.2 Å². The first-order chi connectivity index (χ1) is 23.2. The molecule has 3 N–H and O–H groups in total. The number of nitrogens with two attached hydrogens (primary N) is 1. The molecule has 4 aromatic rings. The fraction of sp³-hybridized carbons (Fsp3) is 0.375. The number of carbonyl (C=O) groups excluding carboxylic acids is 1. The first kappa shape index (κ1) is 36.5. The lowest BCUT2D eigenvalue weighted by molar-refractivity contribution is -0.123. The van der Waals surface area contributed by atoms with E-state index in [1.165, 1.54) is 0 Å². The Labute approximate surface area is 293 Å².